The highest BCUT2D eigenvalue weighted by atomic mass is 35.5. The molecule has 0 radical (unpaired) electrons. The van der Waals surface area contributed by atoms with Crippen LogP contribution in [0.3, 0.4) is 0 Å². The van der Waals surface area contributed by atoms with Gasteiger partial charge < -0.3 is 37.1 Å². The van der Waals surface area contributed by atoms with Gasteiger partial charge in [0.15, 0.2) is 35.7 Å². The monoisotopic (exact) mass is 400 g/mol. The lowest BCUT2D eigenvalue weighted by Crippen LogP contribution is -3.00. The van der Waals surface area contributed by atoms with Gasteiger partial charge in [0.2, 0.25) is 12.5 Å². The molecular formula is C21H21ClN2O4. The summed E-state index contributed by atoms with van der Waals surface area (Å²) in [6.07, 6.45) is 3.09. The summed E-state index contributed by atoms with van der Waals surface area (Å²) in [6, 6.07) is 10.4. The molecule has 2 aromatic carbocycles. The van der Waals surface area contributed by atoms with Gasteiger partial charge in [-0.25, -0.2) is 0 Å². The third-order valence-electron chi connectivity index (χ3n) is 5.16. The maximum Gasteiger partial charge on any atom is 0.231 e. The second-order valence-corrected chi connectivity index (χ2v) is 6.70. The van der Waals surface area contributed by atoms with Crippen molar-refractivity contribution < 1.29 is 35.9 Å². The Labute approximate surface area is 169 Å². The number of nitrogens with zero attached hydrogens (tertiary/aromatic N) is 1. The second-order valence-electron chi connectivity index (χ2n) is 6.70. The topological polar surface area (TPSA) is 66.8 Å². The first-order valence-corrected chi connectivity index (χ1v) is 9.08. The van der Waals surface area contributed by atoms with E-state index < -0.39 is 0 Å². The third kappa shape index (κ3) is 2.89. The molecule has 146 valence electrons. The lowest BCUT2D eigenvalue weighted by atomic mass is 9.95. The normalized spacial score (nSPS) is 13.5. The number of fused-ring (bicyclic) bond motifs is 5. The summed E-state index contributed by atoms with van der Waals surface area (Å²) in [7, 11) is 1.65. The molecule has 0 fully saturated rings. The van der Waals surface area contributed by atoms with Crippen molar-refractivity contribution in [2.24, 2.45) is 5.73 Å². The second kappa shape index (κ2) is 7.37. The minimum Gasteiger partial charge on any atom is -1.00 e. The van der Waals surface area contributed by atoms with E-state index in [9.17, 15) is 0 Å². The van der Waals surface area contributed by atoms with Crippen molar-refractivity contribution in [1.29, 1.82) is 0 Å². The summed E-state index contributed by atoms with van der Waals surface area (Å²) in [5, 5.41) is 2.12. The van der Waals surface area contributed by atoms with E-state index >= 15 is 0 Å². The third-order valence-corrected chi connectivity index (χ3v) is 5.16. The largest absolute Gasteiger partial charge is 1.00 e. The van der Waals surface area contributed by atoms with Gasteiger partial charge in [-0.2, -0.15) is 4.57 Å². The average Bonchev–Trinajstić information content (AvgIpc) is 3.16. The molecule has 0 spiro atoms. The number of hydrogen-bond acceptors (Lipinski definition) is 5. The van der Waals surface area contributed by atoms with Crippen LogP contribution in [0.4, 0.5) is 0 Å². The van der Waals surface area contributed by atoms with Crippen LogP contribution >= 0.6 is 0 Å². The fourth-order valence-electron chi connectivity index (χ4n) is 3.87. The fourth-order valence-corrected chi connectivity index (χ4v) is 3.87. The van der Waals surface area contributed by atoms with Crippen LogP contribution in [0.2, 0.25) is 0 Å². The number of ether oxygens (including phenoxy) is 4. The summed E-state index contributed by atoms with van der Waals surface area (Å²) in [4.78, 5) is 0. The smallest absolute Gasteiger partial charge is 0.231 e. The Kier molecular flexibility index (Phi) is 4.91. The van der Waals surface area contributed by atoms with Gasteiger partial charge in [-0.1, -0.05) is 0 Å². The Hall–Kier alpha value is -2.70. The number of methoxy groups -OCH3 is 1. The van der Waals surface area contributed by atoms with Crippen molar-refractivity contribution in [3.05, 3.63) is 42.1 Å². The van der Waals surface area contributed by atoms with Gasteiger partial charge in [0.25, 0.3) is 0 Å². The number of benzene rings is 2. The molecule has 0 bridgehead atoms. The Morgan fingerprint density at radius 1 is 1.14 bits per heavy atom. The average molecular weight is 401 g/mol. The van der Waals surface area contributed by atoms with Gasteiger partial charge in [0.05, 0.1) is 18.1 Å². The highest BCUT2D eigenvalue weighted by Gasteiger charge is 2.28. The van der Waals surface area contributed by atoms with Gasteiger partial charge in [0, 0.05) is 19.0 Å². The van der Waals surface area contributed by atoms with E-state index in [0.717, 1.165) is 52.4 Å². The van der Waals surface area contributed by atoms with Crippen molar-refractivity contribution in [1.82, 2.24) is 0 Å². The molecule has 2 aliphatic rings. The molecule has 1 aromatic heterocycles. The van der Waals surface area contributed by atoms with Crippen LogP contribution in [-0.2, 0) is 13.0 Å². The predicted octanol–water partition coefficient (Wildman–Crippen LogP) is -0.571. The number of halogens is 1. The van der Waals surface area contributed by atoms with E-state index in [2.05, 4.69) is 35.0 Å². The van der Waals surface area contributed by atoms with Gasteiger partial charge in [-0.3, -0.25) is 0 Å². The zero-order valence-electron chi connectivity index (χ0n) is 15.5. The number of aromatic nitrogens is 1. The van der Waals surface area contributed by atoms with Crippen LogP contribution in [0.1, 0.15) is 5.56 Å². The highest BCUT2D eigenvalue weighted by Crippen LogP contribution is 2.41. The Balaban J connectivity index is 0.00000192. The molecule has 3 heterocycles. The van der Waals surface area contributed by atoms with Crippen LogP contribution < -0.4 is 41.7 Å². The summed E-state index contributed by atoms with van der Waals surface area (Å²) in [6.45, 7) is 2.09. The summed E-state index contributed by atoms with van der Waals surface area (Å²) >= 11 is 0. The first-order chi connectivity index (χ1) is 13.3. The number of nitrogens with two attached hydrogens (primary N) is 1. The molecule has 2 aliphatic heterocycles. The SMILES string of the molecule is COc1ccc2cc3[n+](cc2c1OCCN)CCc1cc2c(cc1-3)OCO2.[Cl-]. The van der Waals surface area contributed by atoms with Crippen molar-refractivity contribution in [3.8, 4) is 34.3 Å². The molecule has 0 saturated heterocycles. The molecule has 0 aliphatic carbocycles. The van der Waals surface area contributed by atoms with E-state index in [-0.39, 0.29) is 19.2 Å². The minimum absolute atomic E-state index is 0. The van der Waals surface area contributed by atoms with Crippen LogP contribution in [0.5, 0.6) is 23.0 Å². The van der Waals surface area contributed by atoms with E-state index in [4.69, 9.17) is 24.7 Å². The van der Waals surface area contributed by atoms with Crippen LogP contribution in [0, 0.1) is 0 Å². The van der Waals surface area contributed by atoms with Crippen molar-refractivity contribution in [3.63, 3.8) is 0 Å². The van der Waals surface area contributed by atoms with E-state index in [1.54, 1.807) is 7.11 Å². The predicted molar refractivity (Wildman–Crippen MR) is 101 cm³/mol. The summed E-state index contributed by atoms with van der Waals surface area (Å²) in [5.74, 6) is 3.11. The molecule has 6 nitrogen and oxygen atoms in total. The standard InChI is InChI=1S/C21H21N2O4.ClH/c1-24-18-3-2-13-8-17-15-10-20-19(26-12-27-20)9-14(15)4-6-23(17)11-16(13)21(18)25-7-5-22;/h2-3,8-11H,4-7,12,22H2,1H3;1H/q+1;/p-1. The lowest BCUT2D eigenvalue weighted by Gasteiger charge is -2.17. The molecule has 0 atom stereocenters. The number of hydrogen-bond donors (Lipinski definition) is 1. The highest BCUT2D eigenvalue weighted by molar-refractivity contribution is 5.91. The molecule has 28 heavy (non-hydrogen) atoms. The molecule has 0 unspecified atom stereocenters. The lowest BCUT2D eigenvalue weighted by molar-refractivity contribution is -0.686. The Morgan fingerprint density at radius 2 is 1.96 bits per heavy atom. The number of aryl methyl sites for hydroxylation is 2. The molecule has 3 aromatic rings. The van der Waals surface area contributed by atoms with Gasteiger partial charge in [-0.05, 0) is 35.2 Å². The van der Waals surface area contributed by atoms with Crippen LogP contribution in [0.15, 0.2) is 36.5 Å². The molecular weight excluding hydrogens is 380 g/mol. The molecule has 5 rings (SSSR count). The van der Waals surface area contributed by atoms with E-state index in [1.807, 2.05) is 6.07 Å². The Morgan fingerprint density at radius 3 is 2.75 bits per heavy atom. The maximum absolute atomic E-state index is 5.91. The van der Waals surface area contributed by atoms with Crippen LogP contribution in [-0.4, -0.2) is 27.1 Å². The number of rotatable bonds is 4. The maximum atomic E-state index is 5.91. The van der Waals surface area contributed by atoms with Gasteiger partial charge >= 0.3 is 0 Å². The summed E-state index contributed by atoms with van der Waals surface area (Å²) < 4.78 is 24.8. The zero-order chi connectivity index (χ0) is 18.4. The van der Waals surface area contributed by atoms with E-state index in [1.165, 1.54) is 11.1 Å². The fraction of sp³-hybridized carbons (Fsp3) is 0.286. The molecule has 0 saturated carbocycles. The first kappa shape index (κ1) is 18.7. The number of pyridine rings is 1. The van der Waals surface area contributed by atoms with E-state index in [0.29, 0.717) is 13.2 Å². The molecule has 0 amide bonds. The minimum atomic E-state index is 0. The van der Waals surface area contributed by atoms with Gasteiger partial charge in [0.1, 0.15) is 6.61 Å². The first-order valence-electron chi connectivity index (χ1n) is 9.08. The summed E-state index contributed by atoms with van der Waals surface area (Å²) in [5.41, 5.74) is 9.26. The Bertz CT molecular complexity index is 1050. The molecule has 2 N–H and O–H groups in total. The quantitative estimate of drug-likeness (QED) is 0.594. The zero-order valence-corrected chi connectivity index (χ0v) is 16.3. The van der Waals surface area contributed by atoms with Gasteiger partial charge in [-0.15, -0.1) is 0 Å². The van der Waals surface area contributed by atoms with Crippen LogP contribution in [0.25, 0.3) is 22.0 Å². The molecule has 7 heteroatoms. The van der Waals surface area contributed by atoms with Crippen molar-refractivity contribution >= 4 is 10.8 Å². The van der Waals surface area contributed by atoms with Crippen molar-refractivity contribution in [2.45, 2.75) is 13.0 Å². The van der Waals surface area contributed by atoms with Crippen molar-refractivity contribution in [2.75, 3.05) is 27.1 Å².